The van der Waals surface area contributed by atoms with Crippen molar-refractivity contribution in [3.05, 3.63) is 66.2 Å². The van der Waals surface area contributed by atoms with Gasteiger partial charge in [-0.15, -0.1) is 0 Å². The van der Waals surface area contributed by atoms with Crippen LogP contribution in [0.15, 0.2) is 60.7 Å². The second-order valence-corrected chi connectivity index (χ2v) is 6.35. The number of hydrogen-bond acceptors (Lipinski definition) is 4. The minimum Gasteiger partial charge on any atom is -0.460 e. The van der Waals surface area contributed by atoms with Gasteiger partial charge in [-0.2, -0.15) is 5.09 Å². The van der Waals surface area contributed by atoms with Gasteiger partial charge in [-0.3, -0.25) is 4.79 Å². The largest absolute Gasteiger partial charge is 0.460 e. The molecule has 0 bridgehead atoms. The molecule has 1 unspecified atom stereocenters. The molecule has 6 nitrogen and oxygen atoms in total. The Bertz CT molecular complexity index is 677. The van der Waals surface area contributed by atoms with Gasteiger partial charge in [-0.05, 0) is 24.6 Å². The Labute approximate surface area is 134 Å². The third kappa shape index (κ3) is 5.87. The fourth-order valence-electron chi connectivity index (χ4n) is 1.80. The number of ether oxygens (including phenoxy) is 1. The Hall–Kier alpha value is -2.14. The van der Waals surface area contributed by atoms with E-state index in [-0.39, 0.29) is 12.4 Å². The first-order chi connectivity index (χ1) is 11.0. The van der Waals surface area contributed by atoms with Gasteiger partial charge in [-0.1, -0.05) is 48.5 Å². The maximum atomic E-state index is 12.0. The first-order valence-electron chi connectivity index (χ1n) is 7.02. The highest BCUT2D eigenvalue weighted by atomic mass is 31.2. The van der Waals surface area contributed by atoms with Gasteiger partial charge in [0, 0.05) is 0 Å². The summed E-state index contributed by atoms with van der Waals surface area (Å²) in [5.41, 5.74) is 0.834. The number of carbonyl (C=O) groups excluding carboxylic acids is 1. The second-order valence-electron chi connectivity index (χ2n) is 4.87. The number of para-hydroxylation sites is 1. The lowest BCUT2D eigenvalue weighted by molar-refractivity contribution is -0.146. The Morgan fingerprint density at radius 3 is 2.30 bits per heavy atom. The smallest absolute Gasteiger partial charge is 0.456 e. The fraction of sp³-hybridized carbons (Fsp3) is 0.188. The van der Waals surface area contributed by atoms with Crippen LogP contribution in [0, 0.1) is 0 Å². The number of rotatable bonds is 7. The highest BCUT2D eigenvalue weighted by Gasteiger charge is 2.28. The van der Waals surface area contributed by atoms with Crippen molar-refractivity contribution in [2.45, 2.75) is 19.6 Å². The van der Waals surface area contributed by atoms with Gasteiger partial charge in [0.25, 0.3) is 0 Å². The Balaban J connectivity index is 1.86. The zero-order valence-electron chi connectivity index (χ0n) is 12.6. The van der Waals surface area contributed by atoms with Crippen LogP contribution in [0.3, 0.4) is 0 Å². The Morgan fingerprint density at radius 2 is 1.70 bits per heavy atom. The molecule has 0 radical (unpaired) electrons. The van der Waals surface area contributed by atoms with E-state index in [1.165, 1.54) is 6.92 Å². The molecule has 0 aromatic heterocycles. The molecule has 23 heavy (non-hydrogen) atoms. The molecule has 2 rings (SSSR count). The summed E-state index contributed by atoms with van der Waals surface area (Å²) in [7, 11) is -4.17. The van der Waals surface area contributed by atoms with Gasteiger partial charge in [-0.25, -0.2) is 4.57 Å². The lowest BCUT2D eigenvalue weighted by Crippen LogP contribution is -2.34. The molecule has 2 N–H and O–H groups in total. The van der Waals surface area contributed by atoms with Crippen LogP contribution in [0.1, 0.15) is 12.5 Å². The maximum Gasteiger partial charge on any atom is 0.456 e. The molecule has 2 atom stereocenters. The third-order valence-electron chi connectivity index (χ3n) is 2.91. The molecule has 7 heteroatoms. The summed E-state index contributed by atoms with van der Waals surface area (Å²) < 4.78 is 22.1. The zero-order chi connectivity index (χ0) is 16.7. The maximum absolute atomic E-state index is 12.0. The van der Waals surface area contributed by atoms with Gasteiger partial charge in [0.05, 0.1) is 0 Å². The lowest BCUT2D eigenvalue weighted by atomic mass is 10.2. The van der Waals surface area contributed by atoms with Crippen LogP contribution in [0.2, 0.25) is 0 Å². The predicted octanol–water partition coefficient (Wildman–Crippen LogP) is 2.89. The molecule has 0 aliphatic carbocycles. The van der Waals surface area contributed by atoms with E-state index in [0.717, 1.165) is 5.56 Å². The van der Waals surface area contributed by atoms with E-state index in [4.69, 9.17) is 9.26 Å². The SMILES string of the molecule is C[C@H](NP(=O)(O)Oc1ccccc1)C(=O)OCc1ccccc1. The first kappa shape index (κ1) is 17.2. The number of benzene rings is 2. The van der Waals surface area contributed by atoms with E-state index in [2.05, 4.69) is 5.09 Å². The van der Waals surface area contributed by atoms with E-state index in [9.17, 15) is 14.3 Å². The minimum absolute atomic E-state index is 0.0982. The van der Waals surface area contributed by atoms with Crippen molar-refractivity contribution in [3.63, 3.8) is 0 Å². The van der Waals surface area contributed by atoms with Crippen molar-refractivity contribution in [2.24, 2.45) is 0 Å². The zero-order valence-corrected chi connectivity index (χ0v) is 13.5. The minimum atomic E-state index is -4.17. The van der Waals surface area contributed by atoms with Crippen molar-refractivity contribution < 1.29 is 23.5 Å². The molecule has 0 saturated heterocycles. The summed E-state index contributed by atoms with van der Waals surface area (Å²) in [4.78, 5) is 21.7. The van der Waals surface area contributed by atoms with Gasteiger partial charge >= 0.3 is 13.7 Å². The van der Waals surface area contributed by atoms with Gasteiger partial charge in [0.15, 0.2) is 0 Å². The summed E-state index contributed by atoms with van der Waals surface area (Å²) in [6, 6.07) is 16.4. The number of hydrogen-bond donors (Lipinski definition) is 2. The van der Waals surface area contributed by atoms with Crippen LogP contribution in [0.4, 0.5) is 0 Å². The van der Waals surface area contributed by atoms with Gasteiger partial charge in [0.2, 0.25) is 0 Å². The summed E-state index contributed by atoms with van der Waals surface area (Å²) in [6.45, 7) is 1.53. The molecule has 0 aliphatic rings. The second kappa shape index (κ2) is 7.92. The topological polar surface area (TPSA) is 84.9 Å². The standard InChI is InChI=1S/C16H18NO5P/c1-13(16(18)21-12-14-8-4-2-5-9-14)17-23(19,20)22-15-10-6-3-7-11-15/h2-11,13H,12H2,1H3,(H2,17,19,20)/t13-/m0/s1. The van der Waals surface area contributed by atoms with E-state index >= 15 is 0 Å². The van der Waals surface area contributed by atoms with E-state index in [1.54, 1.807) is 30.3 Å². The Kier molecular flexibility index (Phi) is 5.93. The van der Waals surface area contributed by atoms with E-state index in [1.807, 2.05) is 30.3 Å². The summed E-state index contributed by atoms with van der Waals surface area (Å²) >= 11 is 0. The Morgan fingerprint density at radius 1 is 1.13 bits per heavy atom. The average molecular weight is 335 g/mol. The molecule has 0 spiro atoms. The molecule has 0 fully saturated rings. The highest BCUT2D eigenvalue weighted by molar-refractivity contribution is 7.51. The molecule has 0 heterocycles. The van der Waals surface area contributed by atoms with Crippen LogP contribution in [-0.2, 0) is 20.7 Å². The van der Waals surface area contributed by atoms with Crippen molar-refractivity contribution in [1.29, 1.82) is 0 Å². The first-order valence-corrected chi connectivity index (χ1v) is 8.60. The quantitative estimate of drug-likeness (QED) is 0.598. The van der Waals surface area contributed by atoms with Crippen LogP contribution in [-0.4, -0.2) is 16.9 Å². The fourth-order valence-corrected chi connectivity index (χ4v) is 2.86. The predicted molar refractivity (Wildman–Crippen MR) is 85.7 cm³/mol. The summed E-state index contributed by atoms with van der Waals surface area (Å²) in [6.07, 6.45) is 0. The monoisotopic (exact) mass is 335 g/mol. The molecule has 0 aliphatic heterocycles. The average Bonchev–Trinajstić information content (AvgIpc) is 2.53. The third-order valence-corrected chi connectivity index (χ3v) is 4.08. The van der Waals surface area contributed by atoms with Crippen LogP contribution in [0.5, 0.6) is 5.75 Å². The summed E-state index contributed by atoms with van der Waals surface area (Å²) in [5.74, 6) is -0.407. The molecule has 0 saturated carbocycles. The number of nitrogens with one attached hydrogen (secondary N) is 1. The van der Waals surface area contributed by atoms with E-state index in [0.29, 0.717) is 0 Å². The molecule has 122 valence electrons. The van der Waals surface area contributed by atoms with Crippen LogP contribution < -0.4 is 9.61 Å². The highest BCUT2D eigenvalue weighted by Crippen LogP contribution is 2.38. The van der Waals surface area contributed by atoms with E-state index < -0.39 is 19.8 Å². The normalized spacial score (nSPS) is 14.5. The lowest BCUT2D eigenvalue weighted by Gasteiger charge is -2.18. The van der Waals surface area contributed by atoms with Crippen molar-refractivity contribution >= 4 is 13.7 Å². The number of carbonyl (C=O) groups is 1. The molecule has 2 aromatic carbocycles. The van der Waals surface area contributed by atoms with Crippen molar-refractivity contribution in [1.82, 2.24) is 5.09 Å². The van der Waals surface area contributed by atoms with Crippen LogP contribution in [0.25, 0.3) is 0 Å². The molecule has 0 amide bonds. The van der Waals surface area contributed by atoms with Crippen molar-refractivity contribution in [3.8, 4) is 5.75 Å². The van der Waals surface area contributed by atoms with Gasteiger partial charge < -0.3 is 14.2 Å². The van der Waals surface area contributed by atoms with Gasteiger partial charge in [0.1, 0.15) is 18.4 Å². The summed E-state index contributed by atoms with van der Waals surface area (Å²) in [5, 5.41) is 2.26. The molecular weight excluding hydrogens is 317 g/mol. The molecular formula is C16H18NO5P. The van der Waals surface area contributed by atoms with Crippen LogP contribution >= 0.6 is 7.75 Å². The number of esters is 1. The van der Waals surface area contributed by atoms with Crippen molar-refractivity contribution in [2.75, 3.05) is 0 Å². The molecule has 2 aromatic rings.